The van der Waals surface area contributed by atoms with Crippen molar-refractivity contribution in [1.82, 2.24) is 10.0 Å². The van der Waals surface area contributed by atoms with Crippen molar-refractivity contribution in [3.05, 3.63) is 28.8 Å². The van der Waals surface area contributed by atoms with Gasteiger partial charge in [0.1, 0.15) is 0 Å². The number of rotatable bonds is 7. The lowest BCUT2D eigenvalue weighted by atomic mass is 9.89. The Kier molecular flexibility index (Phi) is 7.28. The molecule has 1 atom stereocenters. The molecule has 1 aliphatic heterocycles. The Morgan fingerprint density at radius 1 is 1.04 bits per heavy atom. The molecule has 26 heavy (non-hydrogen) atoms. The molecule has 1 aromatic rings. The predicted octanol–water partition coefficient (Wildman–Crippen LogP) is 4.33. The van der Waals surface area contributed by atoms with Crippen LogP contribution in [0.2, 0.25) is 0 Å². The van der Waals surface area contributed by atoms with Crippen molar-refractivity contribution in [1.29, 1.82) is 0 Å². The molecule has 2 N–H and O–H groups in total. The van der Waals surface area contributed by atoms with Crippen molar-refractivity contribution in [3.63, 3.8) is 0 Å². The average Bonchev–Trinajstić information content (AvgIpc) is 2.59. The van der Waals surface area contributed by atoms with E-state index in [1.165, 1.54) is 5.56 Å². The lowest BCUT2D eigenvalue weighted by Gasteiger charge is -2.25. The number of hydrogen-bond donors (Lipinski definition) is 2. The van der Waals surface area contributed by atoms with Crippen LogP contribution in [0.1, 0.15) is 88.8 Å². The first-order valence-corrected chi connectivity index (χ1v) is 11.5. The Morgan fingerprint density at radius 2 is 1.62 bits per heavy atom. The van der Waals surface area contributed by atoms with E-state index in [2.05, 4.69) is 63.7 Å². The Balaban J connectivity index is 2.43. The summed E-state index contributed by atoms with van der Waals surface area (Å²) in [5.74, 6) is 1.07. The van der Waals surface area contributed by atoms with Crippen LogP contribution in [0.3, 0.4) is 0 Å². The van der Waals surface area contributed by atoms with E-state index >= 15 is 0 Å². The molecule has 2 rings (SSSR count). The summed E-state index contributed by atoms with van der Waals surface area (Å²) >= 11 is 0. The van der Waals surface area contributed by atoms with Gasteiger partial charge in [0.15, 0.2) is 0 Å². The quantitative estimate of drug-likeness (QED) is 0.740. The first-order chi connectivity index (χ1) is 12.1. The van der Waals surface area contributed by atoms with E-state index in [4.69, 9.17) is 0 Å². The highest BCUT2D eigenvalue weighted by Crippen LogP contribution is 2.35. The molecule has 0 aromatic heterocycles. The molecule has 0 saturated carbocycles. The van der Waals surface area contributed by atoms with Crippen LogP contribution in [0, 0.1) is 5.92 Å². The molecule has 1 aliphatic rings. The third kappa shape index (κ3) is 5.08. The number of sulfonamides is 1. The van der Waals surface area contributed by atoms with E-state index in [9.17, 15) is 8.42 Å². The zero-order valence-electron chi connectivity index (χ0n) is 17.2. The Morgan fingerprint density at radius 3 is 2.04 bits per heavy atom. The molecule has 0 spiro atoms. The van der Waals surface area contributed by atoms with Gasteiger partial charge in [-0.25, -0.2) is 13.1 Å². The normalized spacial score (nSPS) is 18.9. The molecule has 1 unspecified atom stereocenters. The van der Waals surface area contributed by atoms with Gasteiger partial charge >= 0.3 is 0 Å². The van der Waals surface area contributed by atoms with Gasteiger partial charge in [-0.15, -0.1) is 0 Å². The highest BCUT2D eigenvalue weighted by atomic mass is 32.2. The van der Waals surface area contributed by atoms with Crippen molar-refractivity contribution in [2.24, 2.45) is 5.92 Å². The van der Waals surface area contributed by atoms with Crippen LogP contribution < -0.4 is 10.0 Å². The third-order valence-electron chi connectivity index (χ3n) is 5.31. The van der Waals surface area contributed by atoms with Crippen molar-refractivity contribution >= 4 is 10.0 Å². The molecule has 1 fully saturated rings. The molecule has 0 aliphatic carbocycles. The summed E-state index contributed by atoms with van der Waals surface area (Å²) in [6, 6.07) is 4.19. The van der Waals surface area contributed by atoms with Gasteiger partial charge < -0.3 is 5.32 Å². The first kappa shape index (κ1) is 21.4. The fourth-order valence-electron chi connectivity index (χ4n) is 3.60. The molecule has 0 radical (unpaired) electrons. The third-order valence-corrected chi connectivity index (χ3v) is 6.86. The molecule has 148 valence electrons. The monoisotopic (exact) mass is 380 g/mol. The van der Waals surface area contributed by atoms with Gasteiger partial charge in [0.05, 0.1) is 4.90 Å². The van der Waals surface area contributed by atoms with Crippen LogP contribution in [0.25, 0.3) is 0 Å². The topological polar surface area (TPSA) is 58.2 Å². The molecule has 1 saturated heterocycles. The van der Waals surface area contributed by atoms with E-state index in [0.717, 1.165) is 37.1 Å². The van der Waals surface area contributed by atoms with Gasteiger partial charge in [-0.05, 0) is 66.3 Å². The summed E-state index contributed by atoms with van der Waals surface area (Å²) in [5, 5.41) is 3.36. The van der Waals surface area contributed by atoms with Gasteiger partial charge in [-0.2, -0.15) is 0 Å². The maximum atomic E-state index is 13.3. The molecular weight excluding hydrogens is 344 g/mol. The lowest BCUT2D eigenvalue weighted by molar-refractivity contribution is 0.375. The van der Waals surface area contributed by atoms with Crippen LogP contribution in [0.15, 0.2) is 17.0 Å². The van der Waals surface area contributed by atoms with Crippen molar-refractivity contribution in [3.8, 4) is 0 Å². The summed E-state index contributed by atoms with van der Waals surface area (Å²) in [6.07, 6.45) is 2.19. The van der Waals surface area contributed by atoms with Gasteiger partial charge in [-0.1, -0.05) is 53.7 Å². The minimum atomic E-state index is -3.53. The maximum Gasteiger partial charge on any atom is 0.241 e. The van der Waals surface area contributed by atoms with Gasteiger partial charge in [0.2, 0.25) is 10.0 Å². The largest absolute Gasteiger partial charge is 0.316 e. The molecule has 0 amide bonds. The van der Waals surface area contributed by atoms with E-state index in [1.54, 1.807) is 0 Å². The number of piperidine rings is 1. The van der Waals surface area contributed by atoms with Crippen LogP contribution >= 0.6 is 0 Å². The molecular formula is C21H36N2O2S. The lowest BCUT2D eigenvalue weighted by Crippen LogP contribution is -2.38. The second-order valence-electron chi connectivity index (χ2n) is 8.56. The SMILES string of the molecule is CC(C)c1cc(C(C)C)c(S(=O)(=O)NCC2CCCNC2)c(C(C)C)c1. The van der Waals surface area contributed by atoms with E-state index in [-0.39, 0.29) is 11.8 Å². The second kappa shape index (κ2) is 8.85. The van der Waals surface area contributed by atoms with Gasteiger partial charge in [-0.3, -0.25) is 0 Å². The molecule has 1 aromatic carbocycles. The van der Waals surface area contributed by atoms with E-state index < -0.39 is 10.0 Å². The van der Waals surface area contributed by atoms with Crippen LogP contribution in [-0.2, 0) is 10.0 Å². The minimum absolute atomic E-state index is 0.161. The van der Waals surface area contributed by atoms with Crippen LogP contribution in [-0.4, -0.2) is 28.1 Å². The first-order valence-electron chi connectivity index (χ1n) is 10.0. The average molecular weight is 381 g/mol. The summed E-state index contributed by atoms with van der Waals surface area (Å²) in [5.41, 5.74) is 3.09. The molecule has 5 heteroatoms. The van der Waals surface area contributed by atoms with Crippen LogP contribution in [0.5, 0.6) is 0 Å². The highest BCUT2D eigenvalue weighted by molar-refractivity contribution is 7.89. The van der Waals surface area contributed by atoms with E-state index in [0.29, 0.717) is 23.3 Å². The summed E-state index contributed by atoms with van der Waals surface area (Å²) in [4.78, 5) is 0.510. The summed E-state index contributed by atoms with van der Waals surface area (Å²) in [6.45, 7) is 15.1. The number of nitrogens with one attached hydrogen (secondary N) is 2. The van der Waals surface area contributed by atoms with Crippen molar-refractivity contribution in [2.75, 3.05) is 19.6 Å². The summed E-state index contributed by atoms with van der Waals surface area (Å²) < 4.78 is 29.5. The highest BCUT2D eigenvalue weighted by Gasteiger charge is 2.27. The standard InChI is InChI=1S/C21H36N2O2S/c1-14(2)18-10-19(15(3)4)21(20(11-18)16(5)6)26(24,25)23-13-17-8-7-9-22-12-17/h10-11,14-17,22-23H,7-9,12-13H2,1-6H3. The predicted molar refractivity (Wildman–Crippen MR) is 109 cm³/mol. The zero-order chi connectivity index (χ0) is 19.5. The number of hydrogen-bond acceptors (Lipinski definition) is 3. The van der Waals surface area contributed by atoms with Crippen molar-refractivity contribution < 1.29 is 8.42 Å². The van der Waals surface area contributed by atoms with Gasteiger partial charge in [0, 0.05) is 6.54 Å². The molecule has 1 heterocycles. The maximum absolute atomic E-state index is 13.3. The van der Waals surface area contributed by atoms with Gasteiger partial charge in [0.25, 0.3) is 0 Å². The second-order valence-corrected chi connectivity index (χ2v) is 10.3. The Hall–Kier alpha value is -0.910. The zero-order valence-corrected chi connectivity index (χ0v) is 18.0. The Bertz CT molecular complexity index is 674. The molecule has 4 nitrogen and oxygen atoms in total. The fourth-order valence-corrected chi connectivity index (χ4v) is 5.41. The van der Waals surface area contributed by atoms with E-state index in [1.807, 2.05) is 0 Å². The minimum Gasteiger partial charge on any atom is -0.316 e. The van der Waals surface area contributed by atoms with Crippen LogP contribution in [0.4, 0.5) is 0 Å². The fraction of sp³-hybridized carbons (Fsp3) is 0.714. The Labute approximate surface area is 160 Å². The number of benzene rings is 1. The smallest absolute Gasteiger partial charge is 0.241 e. The van der Waals surface area contributed by atoms with Crippen molar-refractivity contribution in [2.45, 2.75) is 77.0 Å². The molecule has 0 bridgehead atoms. The summed E-state index contributed by atoms with van der Waals surface area (Å²) in [7, 11) is -3.53.